The summed E-state index contributed by atoms with van der Waals surface area (Å²) in [6, 6.07) is 3.85. The highest BCUT2D eigenvalue weighted by Gasteiger charge is 2.24. The lowest BCUT2D eigenvalue weighted by atomic mass is 9.93. The number of carbonyl (C=O) groups is 1. The van der Waals surface area contributed by atoms with Crippen molar-refractivity contribution in [3.05, 3.63) is 29.6 Å². The van der Waals surface area contributed by atoms with E-state index >= 15 is 0 Å². The summed E-state index contributed by atoms with van der Waals surface area (Å²) in [6.07, 6.45) is 3.04. The van der Waals surface area contributed by atoms with Gasteiger partial charge in [0.2, 0.25) is 0 Å². The lowest BCUT2D eigenvalue weighted by Crippen LogP contribution is -2.46. The van der Waals surface area contributed by atoms with E-state index in [1.165, 1.54) is 12.1 Å². The Morgan fingerprint density at radius 1 is 1.37 bits per heavy atom. The van der Waals surface area contributed by atoms with E-state index in [1.807, 2.05) is 0 Å². The molecule has 2 amide bonds. The van der Waals surface area contributed by atoms with Crippen molar-refractivity contribution in [2.24, 2.45) is 0 Å². The predicted octanol–water partition coefficient (Wildman–Crippen LogP) is 2.56. The summed E-state index contributed by atoms with van der Waals surface area (Å²) in [6.45, 7) is 1.64. The second kappa shape index (κ2) is 6.02. The van der Waals surface area contributed by atoms with Gasteiger partial charge in [-0.25, -0.2) is 9.18 Å². The SMILES string of the molecule is Cc1cc(NC(=O)NC2CCCCC2O)ccc1F. The maximum atomic E-state index is 13.1. The van der Waals surface area contributed by atoms with Crippen LogP contribution in [0.25, 0.3) is 0 Å². The Hall–Kier alpha value is -1.62. The summed E-state index contributed by atoms with van der Waals surface area (Å²) in [5.74, 6) is -0.298. The highest BCUT2D eigenvalue weighted by Crippen LogP contribution is 2.19. The van der Waals surface area contributed by atoms with Crippen molar-refractivity contribution in [1.82, 2.24) is 5.32 Å². The summed E-state index contributed by atoms with van der Waals surface area (Å²) in [5.41, 5.74) is 1.03. The summed E-state index contributed by atoms with van der Waals surface area (Å²) < 4.78 is 13.1. The Morgan fingerprint density at radius 3 is 2.79 bits per heavy atom. The number of urea groups is 1. The van der Waals surface area contributed by atoms with Crippen LogP contribution in [-0.2, 0) is 0 Å². The van der Waals surface area contributed by atoms with E-state index < -0.39 is 6.10 Å². The molecule has 2 atom stereocenters. The minimum Gasteiger partial charge on any atom is -0.391 e. The van der Waals surface area contributed by atoms with Crippen molar-refractivity contribution in [2.75, 3.05) is 5.32 Å². The fraction of sp³-hybridized carbons (Fsp3) is 0.500. The number of aliphatic hydroxyl groups excluding tert-OH is 1. The maximum absolute atomic E-state index is 13.1. The van der Waals surface area contributed by atoms with E-state index in [2.05, 4.69) is 10.6 Å². The van der Waals surface area contributed by atoms with Gasteiger partial charge in [0.05, 0.1) is 12.1 Å². The van der Waals surface area contributed by atoms with Crippen LogP contribution >= 0.6 is 0 Å². The van der Waals surface area contributed by atoms with Gasteiger partial charge in [0.1, 0.15) is 5.82 Å². The smallest absolute Gasteiger partial charge is 0.319 e. The number of nitrogens with one attached hydrogen (secondary N) is 2. The first-order chi connectivity index (χ1) is 9.06. The fourth-order valence-electron chi connectivity index (χ4n) is 2.34. The zero-order valence-corrected chi connectivity index (χ0v) is 10.9. The van der Waals surface area contributed by atoms with Gasteiger partial charge in [-0.15, -0.1) is 0 Å². The molecule has 104 valence electrons. The predicted molar refractivity (Wildman–Crippen MR) is 71.6 cm³/mol. The monoisotopic (exact) mass is 266 g/mol. The third kappa shape index (κ3) is 3.67. The molecular weight excluding hydrogens is 247 g/mol. The van der Waals surface area contributed by atoms with Crippen LogP contribution in [0.2, 0.25) is 0 Å². The molecule has 0 saturated heterocycles. The molecule has 0 spiro atoms. The molecule has 1 aromatic rings. The molecule has 3 N–H and O–H groups in total. The van der Waals surface area contributed by atoms with Gasteiger partial charge < -0.3 is 15.7 Å². The topological polar surface area (TPSA) is 61.4 Å². The van der Waals surface area contributed by atoms with Gasteiger partial charge in [0, 0.05) is 5.69 Å². The van der Waals surface area contributed by atoms with Crippen molar-refractivity contribution in [3.63, 3.8) is 0 Å². The largest absolute Gasteiger partial charge is 0.391 e. The minimum absolute atomic E-state index is 0.199. The number of aryl methyl sites for hydroxylation is 1. The van der Waals surface area contributed by atoms with Crippen molar-refractivity contribution < 1.29 is 14.3 Å². The molecule has 0 heterocycles. The Morgan fingerprint density at radius 2 is 2.11 bits per heavy atom. The van der Waals surface area contributed by atoms with Crippen molar-refractivity contribution in [1.29, 1.82) is 0 Å². The van der Waals surface area contributed by atoms with Gasteiger partial charge in [-0.1, -0.05) is 12.8 Å². The fourth-order valence-corrected chi connectivity index (χ4v) is 2.34. The molecule has 0 aliphatic heterocycles. The number of rotatable bonds is 2. The third-order valence-electron chi connectivity index (χ3n) is 3.46. The second-order valence-electron chi connectivity index (χ2n) is 5.02. The molecule has 1 aromatic carbocycles. The number of amides is 2. The average Bonchev–Trinajstić information content (AvgIpc) is 2.37. The number of anilines is 1. The van der Waals surface area contributed by atoms with E-state index in [-0.39, 0.29) is 17.9 Å². The first kappa shape index (κ1) is 13.8. The number of benzene rings is 1. The van der Waals surface area contributed by atoms with Crippen LogP contribution in [0.3, 0.4) is 0 Å². The number of hydrogen-bond acceptors (Lipinski definition) is 2. The minimum atomic E-state index is -0.477. The van der Waals surface area contributed by atoms with Gasteiger partial charge in [0.15, 0.2) is 0 Å². The molecule has 19 heavy (non-hydrogen) atoms. The molecule has 4 nitrogen and oxygen atoms in total. The van der Waals surface area contributed by atoms with E-state index in [0.717, 1.165) is 25.7 Å². The summed E-state index contributed by atoms with van der Waals surface area (Å²) in [7, 11) is 0. The summed E-state index contributed by atoms with van der Waals surface area (Å²) in [5, 5.41) is 15.2. The van der Waals surface area contributed by atoms with Gasteiger partial charge in [-0.05, 0) is 43.5 Å². The first-order valence-electron chi connectivity index (χ1n) is 6.58. The van der Waals surface area contributed by atoms with Gasteiger partial charge in [0.25, 0.3) is 0 Å². The molecular formula is C14H19FN2O2. The van der Waals surface area contributed by atoms with Gasteiger partial charge in [-0.2, -0.15) is 0 Å². The van der Waals surface area contributed by atoms with Crippen LogP contribution in [0.4, 0.5) is 14.9 Å². The zero-order chi connectivity index (χ0) is 13.8. The normalized spacial score (nSPS) is 22.9. The molecule has 0 bridgehead atoms. The lowest BCUT2D eigenvalue weighted by Gasteiger charge is -2.28. The van der Waals surface area contributed by atoms with E-state index in [9.17, 15) is 14.3 Å². The maximum Gasteiger partial charge on any atom is 0.319 e. The molecule has 1 aliphatic rings. The molecule has 2 rings (SSSR count). The Kier molecular flexibility index (Phi) is 4.37. The third-order valence-corrected chi connectivity index (χ3v) is 3.46. The summed E-state index contributed by atoms with van der Waals surface area (Å²) >= 11 is 0. The number of carbonyl (C=O) groups excluding carboxylic acids is 1. The van der Waals surface area contributed by atoms with Crippen molar-refractivity contribution in [2.45, 2.75) is 44.8 Å². The Balaban J connectivity index is 1.91. The highest BCUT2D eigenvalue weighted by molar-refractivity contribution is 5.89. The first-order valence-corrected chi connectivity index (χ1v) is 6.58. The highest BCUT2D eigenvalue weighted by atomic mass is 19.1. The molecule has 5 heteroatoms. The molecule has 1 fully saturated rings. The van der Waals surface area contributed by atoms with Crippen LogP contribution in [-0.4, -0.2) is 23.3 Å². The Bertz CT molecular complexity index is 465. The van der Waals surface area contributed by atoms with Gasteiger partial charge in [-0.3, -0.25) is 0 Å². The van der Waals surface area contributed by atoms with Crippen molar-refractivity contribution in [3.8, 4) is 0 Å². The Labute approximate surface area is 112 Å². The van der Waals surface area contributed by atoms with Crippen LogP contribution in [0.15, 0.2) is 18.2 Å². The molecule has 0 radical (unpaired) electrons. The van der Waals surface area contributed by atoms with E-state index in [0.29, 0.717) is 11.3 Å². The van der Waals surface area contributed by atoms with Gasteiger partial charge >= 0.3 is 6.03 Å². The van der Waals surface area contributed by atoms with E-state index in [1.54, 1.807) is 13.0 Å². The van der Waals surface area contributed by atoms with Crippen molar-refractivity contribution >= 4 is 11.7 Å². The van der Waals surface area contributed by atoms with Crippen LogP contribution in [0.1, 0.15) is 31.2 Å². The number of hydrogen-bond donors (Lipinski definition) is 3. The molecule has 1 aliphatic carbocycles. The van der Waals surface area contributed by atoms with E-state index in [4.69, 9.17) is 0 Å². The lowest BCUT2D eigenvalue weighted by molar-refractivity contribution is 0.0955. The number of aliphatic hydroxyl groups is 1. The molecule has 0 aromatic heterocycles. The standard InChI is InChI=1S/C14H19FN2O2/c1-9-8-10(6-7-11(9)15)16-14(19)17-12-4-2-3-5-13(12)18/h6-8,12-13,18H,2-5H2,1H3,(H2,16,17,19). The zero-order valence-electron chi connectivity index (χ0n) is 10.9. The van der Waals surface area contributed by atoms with Crippen LogP contribution in [0, 0.1) is 12.7 Å². The molecule has 1 saturated carbocycles. The second-order valence-corrected chi connectivity index (χ2v) is 5.02. The molecule has 2 unspecified atom stereocenters. The van der Waals surface area contributed by atoms with Crippen LogP contribution < -0.4 is 10.6 Å². The summed E-state index contributed by atoms with van der Waals surface area (Å²) in [4.78, 5) is 11.8. The average molecular weight is 266 g/mol. The number of halogens is 1. The van der Waals surface area contributed by atoms with Crippen LogP contribution in [0.5, 0.6) is 0 Å². The quantitative estimate of drug-likeness (QED) is 0.770.